The molecular formula is C22H16F3N3O3. The fourth-order valence-electron chi connectivity index (χ4n) is 3.18. The van der Waals surface area contributed by atoms with Crippen LogP contribution in [-0.4, -0.2) is 27.7 Å². The largest absolute Gasteiger partial charge is 0.487 e. The number of pyridine rings is 2. The number of carbonyl (C=O) groups is 1. The van der Waals surface area contributed by atoms with Crippen LogP contribution >= 0.6 is 0 Å². The number of hydrogen-bond donors (Lipinski definition) is 0. The molecule has 0 radical (unpaired) electrons. The first kappa shape index (κ1) is 20.4. The smallest absolute Gasteiger partial charge is 0.344 e. The first-order valence-corrected chi connectivity index (χ1v) is 9.20. The summed E-state index contributed by atoms with van der Waals surface area (Å²) in [5.41, 5.74) is 0.656. The molecule has 0 fully saturated rings. The number of alkyl halides is 2. The summed E-state index contributed by atoms with van der Waals surface area (Å²) in [6, 6.07) is 15.0. The number of rotatable bonds is 6. The Bertz CT molecular complexity index is 1240. The molecule has 0 saturated carbocycles. The summed E-state index contributed by atoms with van der Waals surface area (Å²) >= 11 is 0. The zero-order chi connectivity index (χ0) is 22.0. The Labute approximate surface area is 174 Å². The second-order valence-corrected chi connectivity index (χ2v) is 6.54. The van der Waals surface area contributed by atoms with Crippen molar-refractivity contribution in [2.45, 2.75) is 13.0 Å². The predicted molar refractivity (Wildman–Crippen MR) is 105 cm³/mol. The van der Waals surface area contributed by atoms with Gasteiger partial charge in [0.1, 0.15) is 29.1 Å². The average Bonchev–Trinajstić information content (AvgIpc) is 3.14. The van der Waals surface area contributed by atoms with E-state index in [1.807, 2.05) is 30.3 Å². The van der Waals surface area contributed by atoms with Crippen LogP contribution in [0, 0.1) is 5.95 Å². The fraction of sp³-hybridized carbons (Fsp3) is 0.136. The second-order valence-electron chi connectivity index (χ2n) is 6.54. The molecular weight excluding hydrogens is 411 g/mol. The normalized spacial score (nSPS) is 11.1. The molecule has 0 unspecified atom stereocenters. The highest BCUT2D eigenvalue weighted by atomic mass is 19.3. The minimum Gasteiger partial charge on any atom is -0.487 e. The van der Waals surface area contributed by atoms with Crippen LogP contribution in [0.5, 0.6) is 5.75 Å². The van der Waals surface area contributed by atoms with E-state index in [9.17, 15) is 18.0 Å². The topological polar surface area (TPSA) is 65.7 Å². The number of ether oxygens (including phenoxy) is 2. The third-order valence-corrected chi connectivity index (χ3v) is 4.62. The molecule has 31 heavy (non-hydrogen) atoms. The average molecular weight is 427 g/mol. The molecule has 0 aliphatic heterocycles. The van der Waals surface area contributed by atoms with E-state index in [1.54, 1.807) is 6.07 Å². The van der Waals surface area contributed by atoms with Gasteiger partial charge in [-0.2, -0.15) is 4.39 Å². The number of esters is 1. The molecule has 0 bridgehead atoms. The lowest BCUT2D eigenvalue weighted by atomic mass is 10.1. The number of benzene rings is 1. The summed E-state index contributed by atoms with van der Waals surface area (Å²) in [4.78, 5) is 15.9. The van der Waals surface area contributed by atoms with Crippen molar-refractivity contribution in [3.05, 3.63) is 83.6 Å². The van der Waals surface area contributed by atoms with Gasteiger partial charge in [0, 0.05) is 11.8 Å². The molecule has 0 spiro atoms. The first-order chi connectivity index (χ1) is 15.0. The van der Waals surface area contributed by atoms with E-state index >= 15 is 0 Å². The highest BCUT2D eigenvalue weighted by Gasteiger charge is 2.26. The molecule has 0 aliphatic rings. The standard InChI is InChI=1S/C22H16F3N3O3/c1-30-22(29)18-19-17(31-12-13-5-3-2-4-6-13)8-7-16(28(19)27-21(18)25)14-9-10-26-15(11-14)20(23)24/h2-11,20H,12H2,1H3. The Morgan fingerprint density at radius 2 is 1.90 bits per heavy atom. The predicted octanol–water partition coefficient (Wildman–Crippen LogP) is 4.84. The minimum atomic E-state index is -2.77. The van der Waals surface area contributed by atoms with Crippen molar-refractivity contribution in [2.24, 2.45) is 0 Å². The van der Waals surface area contributed by atoms with E-state index < -0.39 is 29.6 Å². The maximum Gasteiger partial charge on any atom is 0.344 e. The number of fused-ring (bicyclic) bond motifs is 1. The van der Waals surface area contributed by atoms with Crippen LogP contribution in [0.15, 0.2) is 60.8 Å². The van der Waals surface area contributed by atoms with Crippen LogP contribution in [-0.2, 0) is 11.3 Å². The van der Waals surface area contributed by atoms with Crippen molar-refractivity contribution in [1.82, 2.24) is 14.6 Å². The van der Waals surface area contributed by atoms with Crippen molar-refractivity contribution in [1.29, 1.82) is 0 Å². The lowest BCUT2D eigenvalue weighted by Crippen LogP contribution is -2.05. The van der Waals surface area contributed by atoms with E-state index in [2.05, 4.69) is 10.1 Å². The van der Waals surface area contributed by atoms with Gasteiger partial charge in [0.15, 0.2) is 0 Å². The van der Waals surface area contributed by atoms with Gasteiger partial charge in [0.25, 0.3) is 6.43 Å². The molecule has 3 heterocycles. The molecule has 3 aromatic heterocycles. The molecule has 158 valence electrons. The van der Waals surface area contributed by atoms with Crippen LogP contribution in [0.25, 0.3) is 16.8 Å². The molecule has 0 aliphatic carbocycles. The molecule has 0 saturated heterocycles. The molecule has 0 amide bonds. The molecule has 1 aromatic carbocycles. The first-order valence-electron chi connectivity index (χ1n) is 9.20. The van der Waals surface area contributed by atoms with Crippen LogP contribution in [0.1, 0.15) is 28.0 Å². The van der Waals surface area contributed by atoms with Crippen molar-refractivity contribution in [3.63, 3.8) is 0 Å². The third-order valence-electron chi connectivity index (χ3n) is 4.62. The Balaban J connectivity index is 1.87. The van der Waals surface area contributed by atoms with Gasteiger partial charge in [-0.1, -0.05) is 30.3 Å². The molecule has 4 rings (SSSR count). The molecule has 0 atom stereocenters. The van der Waals surface area contributed by atoms with E-state index in [0.717, 1.165) is 17.2 Å². The molecule has 6 nitrogen and oxygen atoms in total. The van der Waals surface area contributed by atoms with Crippen LogP contribution < -0.4 is 4.74 Å². The van der Waals surface area contributed by atoms with Gasteiger partial charge in [-0.05, 0) is 29.8 Å². The van der Waals surface area contributed by atoms with E-state index in [-0.39, 0.29) is 23.6 Å². The van der Waals surface area contributed by atoms with Crippen LogP contribution in [0.4, 0.5) is 13.2 Å². The zero-order valence-electron chi connectivity index (χ0n) is 16.3. The van der Waals surface area contributed by atoms with Crippen LogP contribution in [0.2, 0.25) is 0 Å². The Hall–Kier alpha value is -3.88. The van der Waals surface area contributed by atoms with Gasteiger partial charge >= 0.3 is 5.97 Å². The molecule has 4 aromatic rings. The maximum absolute atomic E-state index is 14.7. The van der Waals surface area contributed by atoms with Gasteiger partial charge in [-0.15, -0.1) is 5.10 Å². The highest BCUT2D eigenvalue weighted by Crippen LogP contribution is 2.33. The van der Waals surface area contributed by atoms with Crippen LogP contribution in [0.3, 0.4) is 0 Å². The number of halogens is 3. The minimum absolute atomic E-state index is 0.0354. The van der Waals surface area contributed by atoms with Crippen molar-refractivity contribution < 1.29 is 27.4 Å². The van der Waals surface area contributed by atoms with Crippen molar-refractivity contribution in [2.75, 3.05) is 7.11 Å². The van der Waals surface area contributed by atoms with Gasteiger partial charge in [0.2, 0.25) is 5.95 Å². The summed E-state index contributed by atoms with van der Waals surface area (Å²) in [6.07, 6.45) is -1.55. The number of nitrogens with zero attached hydrogens (tertiary/aromatic N) is 3. The fourth-order valence-corrected chi connectivity index (χ4v) is 3.18. The van der Waals surface area contributed by atoms with E-state index in [1.165, 1.54) is 24.4 Å². The third kappa shape index (κ3) is 3.94. The number of carbonyl (C=O) groups excluding carboxylic acids is 1. The number of hydrogen-bond acceptors (Lipinski definition) is 5. The maximum atomic E-state index is 14.7. The Morgan fingerprint density at radius 3 is 2.61 bits per heavy atom. The lowest BCUT2D eigenvalue weighted by Gasteiger charge is -2.12. The Morgan fingerprint density at radius 1 is 1.13 bits per heavy atom. The lowest BCUT2D eigenvalue weighted by molar-refractivity contribution is 0.0597. The number of methoxy groups -OCH3 is 1. The summed E-state index contributed by atoms with van der Waals surface area (Å²) in [7, 11) is 1.12. The van der Waals surface area contributed by atoms with Crippen molar-refractivity contribution in [3.8, 4) is 17.0 Å². The summed E-state index contributed by atoms with van der Waals surface area (Å²) in [5, 5.41) is 3.81. The summed E-state index contributed by atoms with van der Waals surface area (Å²) in [6.45, 7) is 0.161. The summed E-state index contributed by atoms with van der Waals surface area (Å²) in [5.74, 6) is -1.81. The quantitative estimate of drug-likeness (QED) is 0.412. The number of aromatic nitrogens is 3. The second kappa shape index (κ2) is 8.47. The zero-order valence-corrected chi connectivity index (χ0v) is 16.3. The SMILES string of the molecule is COC(=O)c1c(F)nn2c(-c3ccnc(C(F)F)c3)ccc(OCc3ccccc3)c12. The van der Waals surface area contributed by atoms with E-state index in [4.69, 9.17) is 9.47 Å². The van der Waals surface area contributed by atoms with Crippen molar-refractivity contribution >= 4 is 11.5 Å². The summed E-state index contributed by atoms with van der Waals surface area (Å²) < 4.78 is 52.5. The van der Waals surface area contributed by atoms with Gasteiger partial charge in [-0.3, -0.25) is 4.98 Å². The Kier molecular flexibility index (Phi) is 5.57. The molecule has 9 heteroatoms. The van der Waals surface area contributed by atoms with Gasteiger partial charge < -0.3 is 9.47 Å². The van der Waals surface area contributed by atoms with Gasteiger partial charge in [0.05, 0.1) is 12.8 Å². The van der Waals surface area contributed by atoms with E-state index in [0.29, 0.717) is 5.56 Å². The van der Waals surface area contributed by atoms with Gasteiger partial charge in [-0.25, -0.2) is 18.1 Å². The highest BCUT2D eigenvalue weighted by molar-refractivity contribution is 5.99. The monoisotopic (exact) mass is 427 g/mol. The molecule has 0 N–H and O–H groups in total.